The summed E-state index contributed by atoms with van der Waals surface area (Å²) < 4.78 is 0. The van der Waals surface area contributed by atoms with E-state index in [1.165, 1.54) is 0 Å². The summed E-state index contributed by atoms with van der Waals surface area (Å²) in [6, 6.07) is 5.97. The number of carboxylic acid groups (broad SMARTS) is 1. The van der Waals surface area contributed by atoms with Crippen LogP contribution in [0.1, 0.15) is 41.0 Å². The van der Waals surface area contributed by atoms with Crippen molar-refractivity contribution < 1.29 is 9.90 Å². The van der Waals surface area contributed by atoms with Gasteiger partial charge in [0.05, 0.1) is 11.1 Å². The van der Waals surface area contributed by atoms with E-state index in [2.05, 4.69) is 18.7 Å². The lowest BCUT2D eigenvalue weighted by atomic mass is 9.94. The van der Waals surface area contributed by atoms with E-state index in [4.69, 9.17) is 4.98 Å². The van der Waals surface area contributed by atoms with E-state index >= 15 is 0 Å². The monoisotopic (exact) mass is 284 g/mol. The Bertz CT molecular complexity index is 709. The minimum atomic E-state index is -0.843. The molecule has 2 heterocycles. The number of likely N-dealkylation sites (N-methyl/N-ethyl adjacent to an activating group) is 1. The van der Waals surface area contributed by atoms with Crippen LogP contribution in [0, 0.1) is 0 Å². The van der Waals surface area contributed by atoms with E-state index < -0.39 is 5.97 Å². The fraction of sp³-hybridized carbons (Fsp3) is 0.412. The smallest absolute Gasteiger partial charge is 0.336 e. The lowest BCUT2D eigenvalue weighted by Gasteiger charge is -2.28. The lowest BCUT2D eigenvalue weighted by Crippen LogP contribution is -2.32. The van der Waals surface area contributed by atoms with Gasteiger partial charge < -0.3 is 5.11 Å². The molecule has 1 aromatic carbocycles. The van der Waals surface area contributed by atoms with Gasteiger partial charge in [0.1, 0.15) is 0 Å². The van der Waals surface area contributed by atoms with Crippen molar-refractivity contribution in [2.75, 3.05) is 13.1 Å². The molecule has 0 saturated carbocycles. The predicted octanol–water partition coefficient (Wildman–Crippen LogP) is 2.87. The minimum Gasteiger partial charge on any atom is -0.478 e. The zero-order valence-corrected chi connectivity index (χ0v) is 12.5. The van der Waals surface area contributed by atoms with Crippen molar-refractivity contribution in [2.45, 2.75) is 33.2 Å². The Balaban J connectivity index is 2.28. The molecule has 1 aliphatic heterocycles. The molecule has 1 aromatic heterocycles. The number of aromatic nitrogens is 1. The van der Waals surface area contributed by atoms with Crippen LogP contribution in [0.15, 0.2) is 18.2 Å². The van der Waals surface area contributed by atoms with Gasteiger partial charge in [-0.1, -0.05) is 19.9 Å². The highest BCUT2D eigenvalue weighted by molar-refractivity contribution is 6.04. The Morgan fingerprint density at radius 2 is 2.19 bits per heavy atom. The van der Waals surface area contributed by atoms with E-state index in [0.29, 0.717) is 12.1 Å². The number of aryl methyl sites for hydroxylation is 1. The van der Waals surface area contributed by atoms with Crippen molar-refractivity contribution in [3.05, 3.63) is 40.6 Å². The van der Waals surface area contributed by atoms with Gasteiger partial charge in [0, 0.05) is 36.2 Å². The first-order chi connectivity index (χ1) is 10.1. The first-order valence-corrected chi connectivity index (χ1v) is 7.54. The molecule has 1 aliphatic rings. The van der Waals surface area contributed by atoms with Gasteiger partial charge >= 0.3 is 5.97 Å². The van der Waals surface area contributed by atoms with E-state index in [1.54, 1.807) is 0 Å². The molecule has 0 aliphatic carbocycles. The van der Waals surface area contributed by atoms with Gasteiger partial charge in [-0.3, -0.25) is 9.88 Å². The minimum absolute atomic E-state index is 0.448. The Kier molecular flexibility index (Phi) is 3.64. The largest absolute Gasteiger partial charge is 0.478 e. The summed E-state index contributed by atoms with van der Waals surface area (Å²) in [5, 5.41) is 10.5. The maximum absolute atomic E-state index is 11.8. The third-order valence-corrected chi connectivity index (χ3v) is 4.35. The second kappa shape index (κ2) is 5.45. The number of rotatable bonds is 3. The van der Waals surface area contributed by atoms with Gasteiger partial charge in [0.15, 0.2) is 0 Å². The third-order valence-electron chi connectivity index (χ3n) is 4.35. The Morgan fingerprint density at radius 3 is 2.86 bits per heavy atom. The van der Waals surface area contributed by atoms with Gasteiger partial charge in [-0.2, -0.15) is 0 Å². The summed E-state index contributed by atoms with van der Waals surface area (Å²) in [5.74, 6) is -0.843. The van der Waals surface area contributed by atoms with Gasteiger partial charge in [-0.15, -0.1) is 0 Å². The summed E-state index contributed by atoms with van der Waals surface area (Å²) in [6.07, 6.45) is 1.72. The number of hydrogen-bond acceptors (Lipinski definition) is 3. The average molecular weight is 284 g/mol. The van der Waals surface area contributed by atoms with Crippen LogP contribution >= 0.6 is 0 Å². The fourth-order valence-electron chi connectivity index (χ4n) is 3.08. The van der Waals surface area contributed by atoms with Crippen LogP contribution < -0.4 is 0 Å². The number of fused-ring (bicyclic) bond motifs is 2. The molecule has 4 heteroatoms. The quantitative estimate of drug-likeness (QED) is 0.941. The fourth-order valence-corrected chi connectivity index (χ4v) is 3.08. The molecule has 0 radical (unpaired) electrons. The van der Waals surface area contributed by atoms with Gasteiger partial charge in [-0.25, -0.2) is 4.79 Å². The molecule has 0 unspecified atom stereocenters. The maximum Gasteiger partial charge on any atom is 0.336 e. The van der Waals surface area contributed by atoms with Crippen molar-refractivity contribution in [2.24, 2.45) is 0 Å². The van der Waals surface area contributed by atoms with Crippen molar-refractivity contribution in [3.8, 4) is 0 Å². The first-order valence-electron chi connectivity index (χ1n) is 7.54. The number of aromatic carboxylic acids is 1. The lowest BCUT2D eigenvalue weighted by molar-refractivity contribution is 0.0695. The summed E-state index contributed by atoms with van der Waals surface area (Å²) in [7, 11) is 0. The normalized spacial score (nSPS) is 15.1. The molecule has 0 atom stereocenters. The summed E-state index contributed by atoms with van der Waals surface area (Å²) in [6.45, 7) is 6.76. The number of pyridine rings is 1. The topological polar surface area (TPSA) is 53.4 Å². The second-order valence-electron chi connectivity index (χ2n) is 5.54. The number of carboxylic acids is 1. The molecule has 0 amide bonds. The Labute approximate surface area is 124 Å². The highest BCUT2D eigenvalue weighted by atomic mass is 16.4. The van der Waals surface area contributed by atoms with Crippen LogP contribution in [0.4, 0.5) is 0 Å². The standard InChI is InChI=1S/C17H20N2O2/c1-3-11-5-6-14-12(9-11)16(17(20)21)13-10-19(4-2)8-7-15(13)18-14/h5-6,9H,3-4,7-8,10H2,1-2H3,(H,20,21). The van der Waals surface area contributed by atoms with Gasteiger partial charge in [0.2, 0.25) is 0 Å². The molecule has 0 spiro atoms. The number of hydrogen-bond donors (Lipinski definition) is 1. The van der Waals surface area contributed by atoms with Gasteiger partial charge in [0.25, 0.3) is 0 Å². The first kappa shape index (κ1) is 14.0. The Hall–Kier alpha value is -1.94. The maximum atomic E-state index is 11.8. The zero-order chi connectivity index (χ0) is 15.0. The molecule has 0 fully saturated rings. The summed E-state index contributed by atoms with van der Waals surface area (Å²) >= 11 is 0. The third kappa shape index (κ3) is 2.40. The molecule has 21 heavy (non-hydrogen) atoms. The Morgan fingerprint density at radius 1 is 1.38 bits per heavy atom. The van der Waals surface area contributed by atoms with Crippen molar-refractivity contribution >= 4 is 16.9 Å². The molecule has 3 rings (SSSR count). The van der Waals surface area contributed by atoms with E-state index in [0.717, 1.165) is 53.7 Å². The van der Waals surface area contributed by atoms with Crippen LogP contribution in [0.2, 0.25) is 0 Å². The van der Waals surface area contributed by atoms with E-state index in [9.17, 15) is 9.90 Å². The van der Waals surface area contributed by atoms with Crippen molar-refractivity contribution in [1.29, 1.82) is 0 Å². The molecule has 110 valence electrons. The predicted molar refractivity (Wildman–Crippen MR) is 82.7 cm³/mol. The zero-order valence-electron chi connectivity index (χ0n) is 12.5. The molecule has 2 aromatic rings. The van der Waals surface area contributed by atoms with E-state index in [1.807, 2.05) is 18.2 Å². The van der Waals surface area contributed by atoms with Crippen LogP contribution in [-0.2, 0) is 19.4 Å². The average Bonchev–Trinajstić information content (AvgIpc) is 2.51. The van der Waals surface area contributed by atoms with Crippen LogP contribution in [0.25, 0.3) is 10.9 Å². The SMILES string of the molecule is CCc1ccc2nc3c(c(C(=O)O)c2c1)CN(CC)CC3. The molecule has 1 N–H and O–H groups in total. The van der Waals surface area contributed by atoms with Crippen LogP contribution in [0.3, 0.4) is 0 Å². The van der Waals surface area contributed by atoms with E-state index in [-0.39, 0.29) is 0 Å². The highest BCUT2D eigenvalue weighted by Gasteiger charge is 2.25. The molecule has 0 bridgehead atoms. The van der Waals surface area contributed by atoms with Crippen LogP contribution in [-0.4, -0.2) is 34.0 Å². The number of carbonyl (C=O) groups is 1. The number of benzene rings is 1. The molecule has 0 saturated heterocycles. The van der Waals surface area contributed by atoms with Crippen molar-refractivity contribution in [3.63, 3.8) is 0 Å². The molecular weight excluding hydrogens is 264 g/mol. The molecular formula is C17H20N2O2. The number of nitrogens with zero attached hydrogens (tertiary/aromatic N) is 2. The highest BCUT2D eigenvalue weighted by Crippen LogP contribution is 2.29. The summed E-state index contributed by atoms with van der Waals surface area (Å²) in [4.78, 5) is 18.8. The van der Waals surface area contributed by atoms with Gasteiger partial charge in [-0.05, 0) is 30.7 Å². The summed E-state index contributed by atoms with van der Waals surface area (Å²) in [5.41, 5.74) is 4.25. The van der Waals surface area contributed by atoms with Crippen LogP contribution in [0.5, 0.6) is 0 Å². The van der Waals surface area contributed by atoms with Crippen molar-refractivity contribution in [1.82, 2.24) is 9.88 Å². The second-order valence-corrected chi connectivity index (χ2v) is 5.54. The molecule has 4 nitrogen and oxygen atoms in total.